The second kappa shape index (κ2) is 7.90. The summed E-state index contributed by atoms with van der Waals surface area (Å²) in [5.74, 6) is -1.44. The van der Waals surface area contributed by atoms with Crippen molar-refractivity contribution in [1.82, 2.24) is 0 Å². The van der Waals surface area contributed by atoms with Gasteiger partial charge in [0.15, 0.2) is 0 Å². The maximum Gasteiger partial charge on any atom is 0.386 e. The summed E-state index contributed by atoms with van der Waals surface area (Å²) >= 11 is 6.22. The first-order valence-electron chi connectivity index (χ1n) is 6.70. The van der Waals surface area contributed by atoms with Crippen LogP contribution >= 0.6 is 11.6 Å². The zero-order chi connectivity index (χ0) is 15.0. The van der Waals surface area contributed by atoms with E-state index in [0.717, 1.165) is 12.8 Å². The third-order valence-electron chi connectivity index (χ3n) is 3.06. The van der Waals surface area contributed by atoms with Crippen molar-refractivity contribution in [2.24, 2.45) is 0 Å². The Kier molecular flexibility index (Phi) is 6.52. The predicted molar refractivity (Wildman–Crippen MR) is 76.3 cm³/mol. The van der Waals surface area contributed by atoms with Crippen molar-refractivity contribution >= 4 is 23.5 Å². The Morgan fingerprint density at radius 2 is 1.80 bits per heavy atom. The molecule has 0 aliphatic rings. The van der Waals surface area contributed by atoms with Crippen LogP contribution in [0.25, 0.3) is 0 Å². The zero-order valence-corrected chi connectivity index (χ0v) is 12.5. The van der Waals surface area contributed by atoms with Gasteiger partial charge in [-0.2, -0.15) is 0 Å². The van der Waals surface area contributed by atoms with Gasteiger partial charge in [0.05, 0.1) is 5.56 Å². The molecule has 0 saturated heterocycles. The van der Waals surface area contributed by atoms with Crippen LogP contribution in [0.2, 0.25) is 0 Å². The third-order valence-corrected chi connectivity index (χ3v) is 3.67. The fourth-order valence-electron chi connectivity index (χ4n) is 1.65. The van der Waals surface area contributed by atoms with E-state index in [1.54, 1.807) is 37.3 Å². The minimum Gasteiger partial charge on any atom is -0.245 e. The van der Waals surface area contributed by atoms with Crippen LogP contribution in [0.5, 0.6) is 0 Å². The van der Waals surface area contributed by atoms with E-state index in [-0.39, 0.29) is 0 Å². The van der Waals surface area contributed by atoms with Gasteiger partial charge in [0.2, 0.25) is 0 Å². The number of unbranched alkanes of at least 4 members (excludes halogenated alkanes) is 1. The highest BCUT2D eigenvalue weighted by atomic mass is 35.5. The summed E-state index contributed by atoms with van der Waals surface area (Å²) in [5.41, 5.74) is 0.311. The molecule has 0 amide bonds. The number of alkyl halides is 1. The monoisotopic (exact) mass is 298 g/mol. The smallest absolute Gasteiger partial charge is 0.245 e. The van der Waals surface area contributed by atoms with Crippen LogP contribution in [0.3, 0.4) is 0 Å². The SMILES string of the molecule is CCCCC(Cl)(CC)C(=O)OOC(=O)c1ccccc1. The number of carbonyl (C=O) groups excluding carboxylic acids is 2. The van der Waals surface area contributed by atoms with E-state index < -0.39 is 16.8 Å². The molecule has 0 spiro atoms. The van der Waals surface area contributed by atoms with Crippen molar-refractivity contribution < 1.29 is 19.4 Å². The van der Waals surface area contributed by atoms with Crippen molar-refractivity contribution in [3.63, 3.8) is 0 Å². The Balaban J connectivity index is 2.55. The van der Waals surface area contributed by atoms with Gasteiger partial charge in [0.25, 0.3) is 0 Å². The molecule has 0 saturated carbocycles. The molecule has 0 radical (unpaired) electrons. The van der Waals surface area contributed by atoms with Crippen LogP contribution in [0.4, 0.5) is 0 Å². The van der Waals surface area contributed by atoms with E-state index in [1.165, 1.54) is 0 Å². The number of benzene rings is 1. The minimum atomic E-state index is -1.13. The van der Waals surface area contributed by atoms with Crippen LogP contribution in [0, 0.1) is 0 Å². The third kappa shape index (κ3) is 4.53. The maximum atomic E-state index is 11.9. The maximum absolute atomic E-state index is 11.9. The highest BCUT2D eigenvalue weighted by Gasteiger charge is 2.37. The molecule has 0 aliphatic carbocycles. The van der Waals surface area contributed by atoms with Crippen LogP contribution in [0.1, 0.15) is 49.9 Å². The summed E-state index contributed by atoms with van der Waals surface area (Å²) in [4.78, 5) is 31.5. The molecule has 0 fully saturated rings. The quantitative estimate of drug-likeness (QED) is 0.454. The number of halogens is 1. The lowest BCUT2D eigenvalue weighted by Gasteiger charge is -2.21. The fraction of sp³-hybridized carbons (Fsp3) is 0.467. The number of carbonyl (C=O) groups is 2. The van der Waals surface area contributed by atoms with Crippen molar-refractivity contribution in [3.05, 3.63) is 35.9 Å². The van der Waals surface area contributed by atoms with Gasteiger partial charge >= 0.3 is 11.9 Å². The van der Waals surface area contributed by atoms with Crippen LogP contribution < -0.4 is 0 Å². The Morgan fingerprint density at radius 1 is 1.15 bits per heavy atom. The lowest BCUT2D eigenvalue weighted by Crippen LogP contribution is -2.34. The molecule has 1 atom stereocenters. The normalized spacial score (nSPS) is 13.3. The van der Waals surface area contributed by atoms with Gasteiger partial charge in [-0.3, -0.25) is 0 Å². The molecule has 4 nitrogen and oxygen atoms in total. The molecule has 0 bridgehead atoms. The molecular formula is C15H19ClO4. The molecule has 0 heterocycles. The van der Waals surface area contributed by atoms with Gasteiger partial charge < -0.3 is 0 Å². The van der Waals surface area contributed by atoms with Crippen LogP contribution in [-0.4, -0.2) is 16.8 Å². The first-order chi connectivity index (χ1) is 9.53. The molecule has 1 aromatic rings. The van der Waals surface area contributed by atoms with Crippen molar-refractivity contribution in [3.8, 4) is 0 Å². The van der Waals surface area contributed by atoms with Gasteiger partial charge in [-0.25, -0.2) is 19.4 Å². The molecule has 1 aromatic carbocycles. The second-order valence-electron chi connectivity index (χ2n) is 4.53. The van der Waals surface area contributed by atoms with Crippen LogP contribution in [-0.2, 0) is 14.6 Å². The highest BCUT2D eigenvalue weighted by molar-refractivity contribution is 6.33. The molecule has 5 heteroatoms. The standard InChI is InChI=1S/C15H19ClO4/c1-3-5-11-15(16,4-2)14(18)20-19-13(17)12-9-7-6-8-10-12/h6-10H,3-5,11H2,1-2H3. The lowest BCUT2D eigenvalue weighted by atomic mass is 9.99. The molecule has 1 rings (SSSR count). The van der Waals surface area contributed by atoms with E-state index in [4.69, 9.17) is 11.6 Å². The Morgan fingerprint density at radius 3 is 2.35 bits per heavy atom. The van der Waals surface area contributed by atoms with Gasteiger partial charge in [0.1, 0.15) is 4.87 Å². The zero-order valence-electron chi connectivity index (χ0n) is 11.7. The summed E-state index contributed by atoms with van der Waals surface area (Å²) in [6, 6.07) is 8.30. The van der Waals surface area contributed by atoms with Crippen LogP contribution in [0.15, 0.2) is 30.3 Å². The predicted octanol–water partition coefficient (Wildman–Crippen LogP) is 3.88. The average Bonchev–Trinajstić information content (AvgIpc) is 2.50. The lowest BCUT2D eigenvalue weighted by molar-refractivity contribution is -0.237. The Hall–Kier alpha value is -1.55. The van der Waals surface area contributed by atoms with Gasteiger partial charge in [-0.05, 0) is 25.0 Å². The van der Waals surface area contributed by atoms with E-state index in [1.807, 2.05) is 6.92 Å². The highest BCUT2D eigenvalue weighted by Crippen LogP contribution is 2.28. The summed E-state index contributed by atoms with van der Waals surface area (Å²) in [5, 5.41) is 0. The molecule has 0 aromatic heterocycles. The molecule has 110 valence electrons. The molecular weight excluding hydrogens is 280 g/mol. The Bertz CT molecular complexity index is 446. The van der Waals surface area contributed by atoms with E-state index in [0.29, 0.717) is 18.4 Å². The second-order valence-corrected chi connectivity index (χ2v) is 5.25. The fourth-order valence-corrected chi connectivity index (χ4v) is 1.82. The van der Waals surface area contributed by atoms with Crippen molar-refractivity contribution in [2.45, 2.75) is 44.4 Å². The number of hydrogen-bond donors (Lipinski definition) is 0. The number of hydrogen-bond acceptors (Lipinski definition) is 4. The minimum absolute atomic E-state index is 0.311. The van der Waals surface area contributed by atoms with Crippen molar-refractivity contribution in [1.29, 1.82) is 0 Å². The molecule has 0 N–H and O–H groups in total. The molecule has 1 unspecified atom stereocenters. The molecule has 0 aliphatic heterocycles. The first kappa shape index (κ1) is 16.5. The van der Waals surface area contributed by atoms with Crippen molar-refractivity contribution in [2.75, 3.05) is 0 Å². The van der Waals surface area contributed by atoms with Gasteiger partial charge in [-0.1, -0.05) is 44.9 Å². The van der Waals surface area contributed by atoms with Gasteiger partial charge in [-0.15, -0.1) is 11.6 Å². The largest absolute Gasteiger partial charge is 0.386 e. The Labute approximate surface area is 123 Å². The summed E-state index contributed by atoms with van der Waals surface area (Å²) in [6.45, 7) is 3.80. The average molecular weight is 299 g/mol. The number of rotatable bonds is 6. The summed E-state index contributed by atoms with van der Waals surface area (Å²) < 4.78 is 0. The summed E-state index contributed by atoms with van der Waals surface area (Å²) in [7, 11) is 0. The van der Waals surface area contributed by atoms with E-state index in [2.05, 4.69) is 9.78 Å². The summed E-state index contributed by atoms with van der Waals surface area (Å²) in [6.07, 6.45) is 2.63. The topological polar surface area (TPSA) is 52.6 Å². The van der Waals surface area contributed by atoms with E-state index >= 15 is 0 Å². The van der Waals surface area contributed by atoms with E-state index in [9.17, 15) is 9.59 Å². The molecule has 20 heavy (non-hydrogen) atoms. The van der Waals surface area contributed by atoms with Gasteiger partial charge in [0, 0.05) is 0 Å². The first-order valence-corrected chi connectivity index (χ1v) is 7.08.